The second-order valence-electron chi connectivity index (χ2n) is 10.5. The zero-order valence-electron chi connectivity index (χ0n) is 22.5. The maximum atomic E-state index is 4.33. The van der Waals surface area contributed by atoms with Crippen molar-refractivity contribution in [2.24, 2.45) is 0 Å². The van der Waals surface area contributed by atoms with Gasteiger partial charge in [0.05, 0.1) is 11.0 Å². The van der Waals surface area contributed by atoms with E-state index in [2.05, 4.69) is 136 Å². The summed E-state index contributed by atoms with van der Waals surface area (Å²) in [5.41, 5.74) is 10.8. The molecule has 3 nitrogen and oxygen atoms in total. The lowest BCUT2D eigenvalue weighted by Gasteiger charge is -2.12. The molecule has 0 fully saturated rings. The summed E-state index contributed by atoms with van der Waals surface area (Å²) in [6.07, 6.45) is 10.1. The average Bonchev–Trinajstić information content (AvgIpc) is 3.40. The number of para-hydroxylation sites is 1. The van der Waals surface area contributed by atoms with Crippen molar-refractivity contribution >= 4 is 38.2 Å². The van der Waals surface area contributed by atoms with Gasteiger partial charge in [-0.05, 0) is 81.9 Å². The van der Waals surface area contributed by atoms with Crippen molar-refractivity contribution in [3.05, 3.63) is 152 Å². The third-order valence-corrected chi connectivity index (χ3v) is 8.10. The molecule has 8 rings (SSSR count). The summed E-state index contributed by atoms with van der Waals surface area (Å²) in [7, 11) is 0. The molecule has 0 radical (unpaired) electrons. The first kappa shape index (κ1) is 23.5. The van der Waals surface area contributed by atoms with E-state index in [1.165, 1.54) is 60.4 Å². The molecule has 1 aliphatic heterocycles. The number of aromatic nitrogens is 2. The Morgan fingerprint density at radius 1 is 0.610 bits per heavy atom. The fourth-order valence-electron chi connectivity index (χ4n) is 6.12. The maximum absolute atomic E-state index is 4.33. The van der Waals surface area contributed by atoms with Crippen LogP contribution in [-0.4, -0.2) is 16.1 Å². The number of dihydropyridines is 1. The minimum Gasteiger partial charge on any atom is -0.387 e. The molecule has 0 bridgehead atoms. The van der Waals surface area contributed by atoms with Gasteiger partial charge in [-0.2, -0.15) is 0 Å². The van der Waals surface area contributed by atoms with Gasteiger partial charge >= 0.3 is 0 Å². The van der Waals surface area contributed by atoms with Crippen LogP contribution < -0.4 is 5.32 Å². The van der Waals surface area contributed by atoms with Crippen LogP contribution >= 0.6 is 0 Å². The van der Waals surface area contributed by atoms with Crippen molar-refractivity contribution in [2.75, 3.05) is 6.54 Å². The van der Waals surface area contributed by atoms with E-state index in [0.29, 0.717) is 0 Å². The summed E-state index contributed by atoms with van der Waals surface area (Å²) >= 11 is 0. The Morgan fingerprint density at radius 3 is 2.22 bits per heavy atom. The van der Waals surface area contributed by atoms with Crippen LogP contribution in [0.2, 0.25) is 0 Å². The van der Waals surface area contributed by atoms with Gasteiger partial charge in [0.25, 0.3) is 0 Å². The first-order valence-corrected chi connectivity index (χ1v) is 14.0. The highest BCUT2D eigenvalue weighted by Crippen LogP contribution is 2.39. The molecule has 2 aromatic heterocycles. The summed E-state index contributed by atoms with van der Waals surface area (Å²) in [6, 6.07) is 41.9. The van der Waals surface area contributed by atoms with Crippen molar-refractivity contribution in [3.63, 3.8) is 0 Å². The minimum absolute atomic E-state index is 0.858. The molecular weight excluding hydrogens is 498 g/mol. The van der Waals surface area contributed by atoms with Gasteiger partial charge in [-0.1, -0.05) is 84.9 Å². The monoisotopic (exact) mass is 525 g/mol. The molecule has 3 heterocycles. The maximum Gasteiger partial charge on any atom is 0.0619 e. The second-order valence-corrected chi connectivity index (χ2v) is 10.5. The van der Waals surface area contributed by atoms with Gasteiger partial charge in [-0.15, -0.1) is 0 Å². The highest BCUT2D eigenvalue weighted by atomic mass is 15.0. The largest absolute Gasteiger partial charge is 0.387 e. The average molecular weight is 526 g/mol. The normalized spacial score (nSPS) is 13.0. The van der Waals surface area contributed by atoms with Crippen LogP contribution in [-0.2, 0) is 0 Å². The van der Waals surface area contributed by atoms with Gasteiger partial charge in [0.2, 0.25) is 0 Å². The molecule has 0 saturated heterocycles. The van der Waals surface area contributed by atoms with E-state index in [9.17, 15) is 0 Å². The molecule has 0 atom stereocenters. The SMILES string of the molecule is C1=CC(c2cccc(-c3ccc4c5ccc6cc(-c7cccnc7)ccc6c5n(-c5ccccc5)c4c3)c2)=CCN1. The summed E-state index contributed by atoms with van der Waals surface area (Å²) in [6.45, 7) is 0.858. The fourth-order valence-corrected chi connectivity index (χ4v) is 6.12. The van der Waals surface area contributed by atoms with Crippen LogP contribution in [0.4, 0.5) is 0 Å². The lowest BCUT2D eigenvalue weighted by Crippen LogP contribution is -2.08. The number of nitrogens with one attached hydrogen (secondary N) is 1. The van der Waals surface area contributed by atoms with E-state index < -0.39 is 0 Å². The van der Waals surface area contributed by atoms with Crippen molar-refractivity contribution in [1.82, 2.24) is 14.9 Å². The van der Waals surface area contributed by atoms with E-state index in [-0.39, 0.29) is 0 Å². The Hall–Kier alpha value is -5.41. The molecule has 41 heavy (non-hydrogen) atoms. The third kappa shape index (κ3) is 4.02. The Labute approximate surface area is 238 Å². The number of pyridine rings is 1. The number of nitrogens with zero attached hydrogens (tertiary/aromatic N) is 2. The van der Waals surface area contributed by atoms with Gasteiger partial charge in [-0.3, -0.25) is 4.98 Å². The topological polar surface area (TPSA) is 29.9 Å². The van der Waals surface area contributed by atoms with E-state index in [4.69, 9.17) is 0 Å². The molecule has 0 aliphatic carbocycles. The Balaban J connectivity index is 1.36. The molecule has 0 saturated carbocycles. The molecule has 0 unspecified atom stereocenters. The smallest absolute Gasteiger partial charge is 0.0619 e. The van der Waals surface area contributed by atoms with Crippen LogP contribution in [0.1, 0.15) is 5.56 Å². The molecule has 0 amide bonds. The Morgan fingerprint density at radius 2 is 1.39 bits per heavy atom. The van der Waals surface area contributed by atoms with E-state index in [1.54, 1.807) is 0 Å². The summed E-state index contributed by atoms with van der Waals surface area (Å²) < 4.78 is 2.43. The first-order valence-electron chi connectivity index (χ1n) is 14.0. The fraction of sp³-hybridized carbons (Fsp3) is 0.0263. The van der Waals surface area contributed by atoms with Crippen molar-refractivity contribution < 1.29 is 0 Å². The lowest BCUT2D eigenvalue weighted by molar-refractivity contribution is 0.976. The van der Waals surface area contributed by atoms with Gasteiger partial charge in [-0.25, -0.2) is 0 Å². The molecule has 0 spiro atoms. The van der Waals surface area contributed by atoms with Crippen LogP contribution in [0.3, 0.4) is 0 Å². The second kappa shape index (κ2) is 9.65. The number of hydrogen-bond acceptors (Lipinski definition) is 2. The molecule has 7 aromatic rings. The highest BCUT2D eigenvalue weighted by Gasteiger charge is 2.16. The number of benzene rings is 5. The summed E-state index contributed by atoms with van der Waals surface area (Å²) in [5.74, 6) is 0. The predicted octanol–water partition coefficient (Wildman–Crippen LogP) is 9.17. The number of hydrogen-bond donors (Lipinski definition) is 1. The molecule has 194 valence electrons. The highest BCUT2D eigenvalue weighted by molar-refractivity contribution is 6.19. The van der Waals surface area contributed by atoms with Crippen molar-refractivity contribution in [2.45, 2.75) is 0 Å². The standard InChI is InChI=1S/C38H27N3/c1-2-9-33(10-3-1)41-37-24-30(28-7-4-6-27(22-28)26-17-20-39-21-18-26)12-15-35(37)36-16-13-31-23-29(11-14-34(31)38(36)41)32-8-5-19-40-25-32/h1-20,22-25,39H,21H2. The lowest BCUT2D eigenvalue weighted by atomic mass is 9.97. The third-order valence-electron chi connectivity index (χ3n) is 8.10. The van der Waals surface area contributed by atoms with Gasteiger partial charge in [0, 0.05) is 46.3 Å². The van der Waals surface area contributed by atoms with Crippen molar-refractivity contribution in [3.8, 4) is 27.9 Å². The van der Waals surface area contributed by atoms with Gasteiger partial charge in [0.15, 0.2) is 0 Å². The molecule has 5 aromatic carbocycles. The number of allylic oxidation sites excluding steroid dienone is 2. The van der Waals surface area contributed by atoms with Crippen molar-refractivity contribution in [1.29, 1.82) is 0 Å². The number of fused-ring (bicyclic) bond motifs is 5. The van der Waals surface area contributed by atoms with Gasteiger partial charge < -0.3 is 9.88 Å². The molecular formula is C38H27N3. The zero-order valence-corrected chi connectivity index (χ0v) is 22.5. The van der Waals surface area contributed by atoms with Crippen LogP contribution in [0.15, 0.2) is 146 Å². The first-order chi connectivity index (χ1) is 20.3. The summed E-state index contributed by atoms with van der Waals surface area (Å²) in [4.78, 5) is 4.33. The Kier molecular flexibility index (Phi) is 5.53. The van der Waals surface area contributed by atoms with Crippen LogP contribution in [0.5, 0.6) is 0 Å². The Bertz CT molecular complexity index is 2130. The zero-order chi connectivity index (χ0) is 27.2. The predicted molar refractivity (Wildman–Crippen MR) is 172 cm³/mol. The van der Waals surface area contributed by atoms with E-state index in [0.717, 1.165) is 17.8 Å². The van der Waals surface area contributed by atoms with Crippen LogP contribution in [0, 0.1) is 0 Å². The van der Waals surface area contributed by atoms with E-state index in [1.807, 2.05) is 24.7 Å². The minimum atomic E-state index is 0.858. The quantitative estimate of drug-likeness (QED) is 0.248. The molecule has 1 aliphatic rings. The van der Waals surface area contributed by atoms with E-state index >= 15 is 0 Å². The van der Waals surface area contributed by atoms with Gasteiger partial charge in [0.1, 0.15) is 0 Å². The summed E-state index contributed by atoms with van der Waals surface area (Å²) in [5, 5.41) is 8.22. The molecule has 3 heteroatoms. The van der Waals surface area contributed by atoms with Crippen LogP contribution in [0.25, 0.3) is 66.1 Å². The molecule has 1 N–H and O–H groups in total. The number of rotatable bonds is 4.